The first-order valence-corrected chi connectivity index (χ1v) is 14.6. The van der Waals surface area contributed by atoms with Gasteiger partial charge in [0.15, 0.2) is 0 Å². The van der Waals surface area contributed by atoms with E-state index in [9.17, 15) is 0 Å². The first kappa shape index (κ1) is 22.8. The number of rotatable bonds is 10. The Hall–Kier alpha value is -2.34. The van der Waals surface area contributed by atoms with Crippen molar-refractivity contribution in [3.05, 3.63) is 133 Å². The van der Waals surface area contributed by atoms with E-state index < -0.39 is 7.26 Å². The second-order valence-electron chi connectivity index (χ2n) is 8.27. The Kier molecular flexibility index (Phi) is 8.21. The van der Waals surface area contributed by atoms with Crippen LogP contribution in [-0.2, 0) is 5.75 Å². The average molecular weight is 456 g/mol. The molecule has 0 spiro atoms. The van der Waals surface area contributed by atoms with Crippen LogP contribution >= 0.6 is 19.0 Å². The van der Waals surface area contributed by atoms with Crippen LogP contribution in [-0.4, -0.2) is 5.75 Å². The van der Waals surface area contributed by atoms with Gasteiger partial charge in [0.1, 0.15) is 0 Å². The molecule has 0 aromatic heterocycles. The number of thioether (sulfide) groups is 1. The van der Waals surface area contributed by atoms with Crippen molar-refractivity contribution in [1.29, 1.82) is 0 Å². The van der Waals surface area contributed by atoms with Crippen molar-refractivity contribution in [1.82, 2.24) is 0 Å². The quantitative estimate of drug-likeness (QED) is 0.184. The summed E-state index contributed by atoms with van der Waals surface area (Å²) in [4.78, 5) is 0. The van der Waals surface area contributed by atoms with Gasteiger partial charge in [-0.25, -0.2) is 0 Å². The summed E-state index contributed by atoms with van der Waals surface area (Å²) in [7, 11) is -2.24. The van der Waals surface area contributed by atoms with E-state index in [1.165, 1.54) is 33.7 Å². The SMILES string of the molecule is C[C](CCCSCc1ccccc1)[PH](c1ccccc1)(c1ccccc1)c1ccccc1. The first-order chi connectivity index (χ1) is 15.8. The zero-order valence-electron chi connectivity index (χ0n) is 18.8. The van der Waals surface area contributed by atoms with E-state index in [4.69, 9.17) is 0 Å². The van der Waals surface area contributed by atoms with Crippen LogP contribution in [0.3, 0.4) is 0 Å². The third kappa shape index (κ3) is 5.17. The van der Waals surface area contributed by atoms with Crippen LogP contribution < -0.4 is 15.9 Å². The summed E-state index contributed by atoms with van der Waals surface area (Å²) in [5.41, 5.74) is 3.06. The van der Waals surface area contributed by atoms with Gasteiger partial charge in [0.05, 0.1) is 0 Å². The summed E-state index contributed by atoms with van der Waals surface area (Å²) in [6, 6.07) is 44.5. The van der Waals surface area contributed by atoms with Crippen LogP contribution in [0.2, 0.25) is 0 Å². The molecule has 0 heterocycles. The standard InChI is InChI=1S/C30H32PS/c1-26(15-14-24-32-25-27-16-6-2-7-17-27)31(28-18-8-3-9-19-28,29-20-10-4-11-21-29)30-22-12-5-13-23-30/h2-13,16-23,31H,14-15,24-25H2,1H3. The molecule has 0 amide bonds. The van der Waals surface area contributed by atoms with Gasteiger partial charge in [0.25, 0.3) is 0 Å². The van der Waals surface area contributed by atoms with Crippen molar-refractivity contribution >= 4 is 34.9 Å². The molecule has 0 aliphatic rings. The molecular weight excluding hydrogens is 423 g/mol. The zero-order chi connectivity index (χ0) is 22.1. The Bertz CT molecular complexity index is 952. The Morgan fingerprint density at radius 2 is 1.00 bits per heavy atom. The van der Waals surface area contributed by atoms with Gasteiger partial charge in [-0.3, -0.25) is 0 Å². The molecule has 0 fully saturated rings. The van der Waals surface area contributed by atoms with Gasteiger partial charge in [-0.15, -0.1) is 0 Å². The van der Waals surface area contributed by atoms with Crippen LogP contribution in [0.15, 0.2) is 121 Å². The van der Waals surface area contributed by atoms with Gasteiger partial charge < -0.3 is 0 Å². The van der Waals surface area contributed by atoms with Gasteiger partial charge in [-0.05, 0) is 0 Å². The molecule has 0 atom stereocenters. The number of benzene rings is 4. The molecule has 0 nitrogen and oxygen atoms in total. The fourth-order valence-corrected chi connectivity index (χ4v) is 10.7. The first-order valence-electron chi connectivity index (χ1n) is 11.4. The van der Waals surface area contributed by atoms with Crippen LogP contribution in [0.1, 0.15) is 25.3 Å². The maximum absolute atomic E-state index is 2.42. The Morgan fingerprint density at radius 3 is 1.44 bits per heavy atom. The molecule has 4 aromatic carbocycles. The number of hydrogen-bond acceptors (Lipinski definition) is 1. The van der Waals surface area contributed by atoms with Gasteiger partial charge in [0, 0.05) is 0 Å². The molecule has 0 saturated carbocycles. The van der Waals surface area contributed by atoms with E-state index in [0.717, 1.165) is 12.2 Å². The Morgan fingerprint density at radius 1 is 0.594 bits per heavy atom. The molecule has 2 heteroatoms. The summed E-state index contributed by atoms with van der Waals surface area (Å²) in [6.45, 7) is 2.42. The molecule has 0 saturated heterocycles. The van der Waals surface area contributed by atoms with E-state index in [1.54, 1.807) is 5.66 Å². The van der Waals surface area contributed by atoms with Crippen LogP contribution in [0.4, 0.5) is 0 Å². The Labute approximate surface area is 198 Å². The minimum atomic E-state index is -2.24. The monoisotopic (exact) mass is 455 g/mol. The van der Waals surface area contributed by atoms with Crippen molar-refractivity contribution in [3.63, 3.8) is 0 Å². The van der Waals surface area contributed by atoms with Gasteiger partial charge in [0.2, 0.25) is 0 Å². The molecule has 1 radical (unpaired) electrons. The molecule has 32 heavy (non-hydrogen) atoms. The van der Waals surface area contributed by atoms with E-state index >= 15 is 0 Å². The molecule has 0 aliphatic heterocycles. The van der Waals surface area contributed by atoms with E-state index in [0.29, 0.717) is 0 Å². The fourth-order valence-electron chi connectivity index (χ4n) is 4.69. The molecule has 163 valence electrons. The third-order valence-electron chi connectivity index (χ3n) is 6.21. The molecule has 0 unspecified atom stereocenters. The molecule has 0 bridgehead atoms. The molecular formula is C30H32PS. The fraction of sp³-hybridized carbons (Fsp3) is 0.167. The van der Waals surface area contributed by atoms with Gasteiger partial charge >= 0.3 is 199 Å². The van der Waals surface area contributed by atoms with Crippen LogP contribution in [0.25, 0.3) is 0 Å². The van der Waals surface area contributed by atoms with Crippen molar-refractivity contribution in [2.75, 3.05) is 5.75 Å². The topological polar surface area (TPSA) is 0 Å². The van der Waals surface area contributed by atoms with Crippen molar-refractivity contribution < 1.29 is 0 Å². The van der Waals surface area contributed by atoms with E-state index in [-0.39, 0.29) is 0 Å². The van der Waals surface area contributed by atoms with Crippen LogP contribution in [0, 0.1) is 5.66 Å². The summed E-state index contributed by atoms with van der Waals surface area (Å²) in [6.07, 6.45) is 2.37. The molecule has 0 N–H and O–H groups in total. The summed E-state index contributed by atoms with van der Waals surface area (Å²) in [5.74, 6) is 2.29. The molecule has 0 aliphatic carbocycles. The number of hydrogen-bond donors (Lipinski definition) is 0. The maximum atomic E-state index is 2.42. The van der Waals surface area contributed by atoms with Gasteiger partial charge in [-0.1, -0.05) is 0 Å². The second-order valence-corrected chi connectivity index (χ2v) is 13.5. The summed E-state index contributed by atoms with van der Waals surface area (Å²) < 4.78 is 0. The molecule has 4 aromatic rings. The normalized spacial score (nSPS) is 12.1. The van der Waals surface area contributed by atoms with Crippen molar-refractivity contribution in [2.24, 2.45) is 0 Å². The van der Waals surface area contributed by atoms with Crippen molar-refractivity contribution in [2.45, 2.75) is 25.5 Å². The minimum absolute atomic E-state index is 1.10. The molecule has 4 rings (SSSR count). The van der Waals surface area contributed by atoms with Gasteiger partial charge in [-0.2, -0.15) is 0 Å². The second kappa shape index (κ2) is 11.5. The summed E-state index contributed by atoms with van der Waals surface area (Å²) >= 11 is 2.05. The predicted octanol–water partition coefficient (Wildman–Crippen LogP) is 6.98. The van der Waals surface area contributed by atoms with E-state index in [1.807, 2.05) is 11.8 Å². The van der Waals surface area contributed by atoms with Crippen molar-refractivity contribution in [3.8, 4) is 0 Å². The zero-order valence-corrected chi connectivity index (χ0v) is 20.6. The average Bonchev–Trinajstić information content (AvgIpc) is 2.87. The van der Waals surface area contributed by atoms with Crippen LogP contribution in [0.5, 0.6) is 0 Å². The summed E-state index contributed by atoms with van der Waals surface area (Å²) in [5, 5.41) is 4.44. The third-order valence-corrected chi connectivity index (χ3v) is 12.5. The van der Waals surface area contributed by atoms with E-state index in [2.05, 4.69) is 128 Å². The Balaban J connectivity index is 1.60. The predicted molar refractivity (Wildman–Crippen MR) is 147 cm³/mol.